The Morgan fingerprint density at radius 2 is 1.93 bits per heavy atom. The van der Waals surface area contributed by atoms with Crippen LogP contribution in [0.25, 0.3) is 0 Å². The number of hydrogen-bond acceptors (Lipinski definition) is 2. The monoisotopic (exact) mass is 205 g/mol. The lowest BCUT2D eigenvalue weighted by Gasteiger charge is -2.19. The summed E-state index contributed by atoms with van der Waals surface area (Å²) in [6.45, 7) is 1.14. The van der Waals surface area contributed by atoms with Gasteiger partial charge in [-0.3, -0.25) is 0 Å². The molecule has 1 fully saturated rings. The van der Waals surface area contributed by atoms with Crippen LogP contribution in [0.2, 0.25) is 0 Å². The zero-order valence-corrected chi connectivity index (χ0v) is 9.21. The van der Waals surface area contributed by atoms with Crippen molar-refractivity contribution in [2.75, 3.05) is 5.73 Å². The molecule has 3 heteroatoms. The summed E-state index contributed by atoms with van der Waals surface area (Å²) in [7, 11) is 0. The second kappa shape index (κ2) is 3.54. The van der Waals surface area contributed by atoms with Crippen LogP contribution >= 0.6 is 0 Å². The first kappa shape index (κ1) is 9.25. The summed E-state index contributed by atoms with van der Waals surface area (Å²) in [5, 5.41) is 0. The molecule has 1 aliphatic carbocycles. The lowest BCUT2D eigenvalue weighted by atomic mass is 10.1. The van der Waals surface area contributed by atoms with E-state index in [1.165, 1.54) is 50.0 Å². The fraction of sp³-hybridized carbons (Fsp3) is 0.750. The molecule has 0 atom stereocenters. The van der Waals surface area contributed by atoms with Crippen LogP contribution in [0.4, 0.5) is 5.82 Å². The Morgan fingerprint density at radius 3 is 2.73 bits per heavy atom. The summed E-state index contributed by atoms with van der Waals surface area (Å²) in [6, 6.07) is 0. The number of nitrogen functional groups attached to an aromatic ring is 1. The number of imidazole rings is 1. The number of anilines is 1. The van der Waals surface area contributed by atoms with Gasteiger partial charge in [-0.2, -0.15) is 0 Å². The van der Waals surface area contributed by atoms with E-state index in [-0.39, 0.29) is 0 Å². The van der Waals surface area contributed by atoms with Crippen molar-refractivity contribution in [2.45, 2.75) is 57.4 Å². The third kappa shape index (κ3) is 1.45. The van der Waals surface area contributed by atoms with E-state index in [1.807, 2.05) is 0 Å². The molecule has 0 amide bonds. The SMILES string of the molecule is Nc1nc(C2CCCC2)n2c1CCCC2. The molecule has 0 aromatic carbocycles. The molecule has 3 nitrogen and oxygen atoms in total. The molecule has 0 bridgehead atoms. The van der Waals surface area contributed by atoms with Crippen LogP contribution in [0.15, 0.2) is 0 Å². The highest BCUT2D eigenvalue weighted by molar-refractivity contribution is 5.39. The van der Waals surface area contributed by atoms with Gasteiger partial charge >= 0.3 is 0 Å². The minimum absolute atomic E-state index is 0.694. The van der Waals surface area contributed by atoms with E-state index >= 15 is 0 Å². The van der Waals surface area contributed by atoms with Crippen LogP contribution < -0.4 is 5.73 Å². The third-order valence-corrected chi connectivity index (χ3v) is 3.90. The van der Waals surface area contributed by atoms with Crippen LogP contribution in [0.5, 0.6) is 0 Å². The van der Waals surface area contributed by atoms with Gasteiger partial charge in [-0.1, -0.05) is 12.8 Å². The quantitative estimate of drug-likeness (QED) is 0.765. The van der Waals surface area contributed by atoms with E-state index in [0.717, 1.165) is 18.8 Å². The molecule has 3 rings (SSSR count). The minimum Gasteiger partial charge on any atom is -0.382 e. The number of rotatable bonds is 1. The van der Waals surface area contributed by atoms with Crippen LogP contribution in [0.1, 0.15) is 56.0 Å². The van der Waals surface area contributed by atoms with Crippen molar-refractivity contribution in [1.29, 1.82) is 0 Å². The molecule has 1 saturated carbocycles. The Labute approximate surface area is 90.7 Å². The maximum Gasteiger partial charge on any atom is 0.145 e. The van der Waals surface area contributed by atoms with Crippen molar-refractivity contribution in [3.05, 3.63) is 11.5 Å². The Morgan fingerprint density at radius 1 is 1.13 bits per heavy atom. The van der Waals surface area contributed by atoms with Crippen molar-refractivity contribution in [2.24, 2.45) is 0 Å². The van der Waals surface area contributed by atoms with Gasteiger partial charge in [0.05, 0.1) is 5.69 Å². The zero-order chi connectivity index (χ0) is 10.3. The first-order valence-corrected chi connectivity index (χ1v) is 6.21. The van der Waals surface area contributed by atoms with Crippen molar-refractivity contribution < 1.29 is 0 Å². The Bertz CT molecular complexity index is 361. The highest BCUT2D eigenvalue weighted by Gasteiger charge is 2.26. The molecule has 2 heterocycles. The standard InChI is InChI=1S/C12H19N3/c13-11-10-7-3-4-8-15(10)12(14-11)9-5-1-2-6-9/h9H,1-8,13H2. The Hall–Kier alpha value is -0.990. The molecule has 2 N–H and O–H groups in total. The van der Waals surface area contributed by atoms with Gasteiger partial charge in [0.15, 0.2) is 0 Å². The number of nitrogens with two attached hydrogens (primary N) is 1. The van der Waals surface area contributed by atoms with Crippen molar-refractivity contribution in [3.8, 4) is 0 Å². The molecule has 0 saturated heterocycles. The van der Waals surface area contributed by atoms with E-state index < -0.39 is 0 Å². The lowest BCUT2D eigenvalue weighted by Crippen LogP contribution is -2.14. The van der Waals surface area contributed by atoms with Gasteiger partial charge < -0.3 is 10.3 Å². The first-order chi connectivity index (χ1) is 7.36. The second-order valence-corrected chi connectivity index (χ2v) is 4.89. The van der Waals surface area contributed by atoms with E-state index in [0.29, 0.717) is 5.92 Å². The highest BCUT2D eigenvalue weighted by atomic mass is 15.1. The Balaban J connectivity index is 1.99. The molecule has 1 aromatic heterocycles. The van der Waals surface area contributed by atoms with Crippen LogP contribution in [0, 0.1) is 0 Å². The van der Waals surface area contributed by atoms with Gasteiger partial charge in [0.1, 0.15) is 11.6 Å². The fourth-order valence-corrected chi connectivity index (χ4v) is 3.10. The zero-order valence-electron chi connectivity index (χ0n) is 9.21. The predicted octanol–water partition coefficient (Wildman–Crippen LogP) is 2.46. The molecule has 1 aliphatic heterocycles. The highest BCUT2D eigenvalue weighted by Crippen LogP contribution is 2.36. The molecule has 0 unspecified atom stereocenters. The van der Waals surface area contributed by atoms with E-state index in [4.69, 9.17) is 5.73 Å². The number of hydrogen-bond donors (Lipinski definition) is 1. The number of fused-ring (bicyclic) bond motifs is 1. The topological polar surface area (TPSA) is 43.8 Å². The lowest BCUT2D eigenvalue weighted by molar-refractivity contribution is 0.493. The number of aromatic nitrogens is 2. The maximum absolute atomic E-state index is 6.00. The van der Waals surface area contributed by atoms with Gasteiger partial charge in [0, 0.05) is 12.5 Å². The van der Waals surface area contributed by atoms with Gasteiger partial charge in [-0.25, -0.2) is 4.98 Å². The van der Waals surface area contributed by atoms with Crippen LogP contribution in [-0.4, -0.2) is 9.55 Å². The molecular weight excluding hydrogens is 186 g/mol. The van der Waals surface area contributed by atoms with Crippen LogP contribution in [-0.2, 0) is 13.0 Å². The molecule has 82 valence electrons. The summed E-state index contributed by atoms with van der Waals surface area (Å²) >= 11 is 0. The summed E-state index contributed by atoms with van der Waals surface area (Å²) < 4.78 is 2.41. The summed E-state index contributed by atoms with van der Waals surface area (Å²) in [5.74, 6) is 2.79. The Kier molecular flexibility index (Phi) is 2.19. The van der Waals surface area contributed by atoms with Gasteiger partial charge in [0.25, 0.3) is 0 Å². The summed E-state index contributed by atoms with van der Waals surface area (Å²) in [6.07, 6.45) is 9.07. The largest absolute Gasteiger partial charge is 0.382 e. The third-order valence-electron chi connectivity index (χ3n) is 3.90. The molecular formula is C12H19N3. The normalized spacial score (nSPS) is 21.9. The first-order valence-electron chi connectivity index (χ1n) is 6.21. The molecule has 15 heavy (non-hydrogen) atoms. The number of nitrogens with zero attached hydrogens (tertiary/aromatic N) is 2. The van der Waals surface area contributed by atoms with Gasteiger partial charge in [0.2, 0.25) is 0 Å². The second-order valence-electron chi connectivity index (χ2n) is 4.89. The van der Waals surface area contributed by atoms with E-state index in [1.54, 1.807) is 0 Å². The average molecular weight is 205 g/mol. The van der Waals surface area contributed by atoms with Crippen molar-refractivity contribution in [3.63, 3.8) is 0 Å². The van der Waals surface area contributed by atoms with E-state index in [2.05, 4.69) is 9.55 Å². The average Bonchev–Trinajstić information content (AvgIpc) is 2.87. The van der Waals surface area contributed by atoms with E-state index in [9.17, 15) is 0 Å². The maximum atomic E-state index is 6.00. The van der Waals surface area contributed by atoms with Gasteiger partial charge in [-0.05, 0) is 32.1 Å². The minimum atomic E-state index is 0.694. The van der Waals surface area contributed by atoms with Crippen LogP contribution in [0.3, 0.4) is 0 Å². The molecule has 1 aromatic rings. The smallest absolute Gasteiger partial charge is 0.145 e. The van der Waals surface area contributed by atoms with Crippen molar-refractivity contribution >= 4 is 5.82 Å². The van der Waals surface area contributed by atoms with Gasteiger partial charge in [-0.15, -0.1) is 0 Å². The summed E-state index contributed by atoms with van der Waals surface area (Å²) in [4.78, 5) is 4.62. The van der Waals surface area contributed by atoms with Crippen molar-refractivity contribution in [1.82, 2.24) is 9.55 Å². The fourth-order valence-electron chi connectivity index (χ4n) is 3.10. The molecule has 2 aliphatic rings. The molecule has 0 spiro atoms. The molecule has 0 radical (unpaired) electrons. The summed E-state index contributed by atoms with van der Waals surface area (Å²) in [5.41, 5.74) is 7.31. The predicted molar refractivity (Wildman–Crippen MR) is 60.8 cm³/mol.